The Hall–Kier alpha value is -2.30. The summed E-state index contributed by atoms with van der Waals surface area (Å²) in [6.07, 6.45) is 1.37. The summed E-state index contributed by atoms with van der Waals surface area (Å²) < 4.78 is 5.31. The lowest BCUT2D eigenvalue weighted by Crippen LogP contribution is -2.24. The highest BCUT2D eigenvalue weighted by Crippen LogP contribution is 2.20. The summed E-state index contributed by atoms with van der Waals surface area (Å²) in [7, 11) is 0. The monoisotopic (exact) mass is 260 g/mol. The number of nitrogens with one attached hydrogen (secondary N) is 1. The molecule has 0 amide bonds. The zero-order valence-electron chi connectivity index (χ0n) is 11.1. The third-order valence-electron chi connectivity index (χ3n) is 2.54. The molecule has 1 aromatic carbocycles. The average Bonchev–Trinajstić information content (AvgIpc) is 2.27. The summed E-state index contributed by atoms with van der Waals surface area (Å²) in [4.78, 5) is 26.3. The number of fused-ring (bicyclic) bond motifs is 1. The molecule has 0 fully saturated rings. The third-order valence-corrected chi connectivity index (χ3v) is 2.54. The van der Waals surface area contributed by atoms with E-state index in [1.165, 1.54) is 6.20 Å². The van der Waals surface area contributed by atoms with Gasteiger partial charge in [0.15, 0.2) is 0 Å². The highest BCUT2D eigenvalue weighted by Gasteiger charge is 2.20. The number of nitrogen functional groups attached to an aromatic ring is 1. The summed E-state index contributed by atoms with van der Waals surface area (Å²) in [5.41, 5.74) is 5.57. The lowest BCUT2D eigenvalue weighted by atomic mass is 10.1. The van der Waals surface area contributed by atoms with Crippen LogP contribution in [0.2, 0.25) is 0 Å². The number of aromatic amines is 1. The second-order valence-corrected chi connectivity index (χ2v) is 5.34. The minimum Gasteiger partial charge on any atom is -0.456 e. The van der Waals surface area contributed by atoms with Crippen LogP contribution in [-0.2, 0) is 4.74 Å². The second-order valence-electron chi connectivity index (χ2n) is 5.34. The zero-order chi connectivity index (χ0) is 14.2. The molecule has 5 nitrogen and oxygen atoms in total. The normalized spacial score (nSPS) is 11.5. The van der Waals surface area contributed by atoms with E-state index in [1.54, 1.807) is 39.0 Å². The van der Waals surface area contributed by atoms with E-state index in [0.29, 0.717) is 22.0 Å². The number of carbonyl (C=O) groups excluding carboxylic acids is 1. The number of hydrogen-bond donors (Lipinski definition) is 2. The summed E-state index contributed by atoms with van der Waals surface area (Å²) in [6.45, 7) is 5.37. The van der Waals surface area contributed by atoms with Crippen molar-refractivity contribution >= 4 is 22.4 Å². The maximum absolute atomic E-state index is 12.1. The van der Waals surface area contributed by atoms with Crippen LogP contribution in [0.15, 0.2) is 29.2 Å². The molecule has 0 radical (unpaired) electrons. The fraction of sp³-hybridized carbons (Fsp3) is 0.286. The molecule has 100 valence electrons. The van der Waals surface area contributed by atoms with Crippen LogP contribution in [0.5, 0.6) is 0 Å². The first-order chi connectivity index (χ1) is 8.78. The Morgan fingerprint density at radius 3 is 2.58 bits per heavy atom. The number of anilines is 1. The summed E-state index contributed by atoms with van der Waals surface area (Å²) in [6, 6.07) is 4.84. The number of esters is 1. The fourth-order valence-electron chi connectivity index (χ4n) is 1.78. The molecule has 0 spiro atoms. The number of pyridine rings is 1. The standard InChI is InChI=1S/C14H16N2O3/c1-14(2,3)19-13(18)11-7-16-12(17)10-6-8(15)4-5-9(10)11/h4-7H,15H2,1-3H3,(H,16,17). The van der Waals surface area contributed by atoms with E-state index in [1.807, 2.05) is 0 Å². The van der Waals surface area contributed by atoms with Crippen LogP contribution in [0, 0.1) is 0 Å². The first kappa shape index (κ1) is 13.1. The van der Waals surface area contributed by atoms with Crippen molar-refractivity contribution in [2.24, 2.45) is 0 Å². The molecule has 5 heteroatoms. The van der Waals surface area contributed by atoms with E-state index >= 15 is 0 Å². The first-order valence-corrected chi connectivity index (χ1v) is 5.92. The SMILES string of the molecule is CC(C)(C)OC(=O)c1c[nH]c(=O)c2cc(N)ccc12. The molecule has 2 aromatic rings. The molecule has 2 rings (SSSR count). The Labute approximate surface area is 110 Å². The smallest absolute Gasteiger partial charge is 0.340 e. The average molecular weight is 260 g/mol. The Bertz CT molecular complexity index is 696. The Kier molecular flexibility index (Phi) is 3.06. The zero-order valence-corrected chi connectivity index (χ0v) is 11.1. The maximum atomic E-state index is 12.1. The number of H-pyrrole nitrogens is 1. The quantitative estimate of drug-likeness (QED) is 0.607. The van der Waals surface area contributed by atoms with E-state index < -0.39 is 11.6 Å². The second kappa shape index (κ2) is 4.42. The molecule has 1 heterocycles. The van der Waals surface area contributed by atoms with Crippen molar-refractivity contribution in [1.82, 2.24) is 4.98 Å². The molecule has 0 aliphatic heterocycles. The molecule has 0 saturated carbocycles. The molecule has 0 saturated heterocycles. The van der Waals surface area contributed by atoms with E-state index in [0.717, 1.165) is 0 Å². The van der Waals surface area contributed by atoms with Gasteiger partial charge in [0.1, 0.15) is 5.60 Å². The number of carbonyl (C=O) groups is 1. The number of ether oxygens (including phenoxy) is 1. The van der Waals surface area contributed by atoms with Gasteiger partial charge in [-0.2, -0.15) is 0 Å². The van der Waals surface area contributed by atoms with Gasteiger partial charge >= 0.3 is 5.97 Å². The van der Waals surface area contributed by atoms with E-state index in [2.05, 4.69) is 4.98 Å². The topological polar surface area (TPSA) is 85.2 Å². The summed E-state index contributed by atoms with van der Waals surface area (Å²) in [5, 5.41) is 0.913. The highest BCUT2D eigenvalue weighted by molar-refractivity contribution is 6.04. The van der Waals surface area contributed by atoms with Gasteiger partial charge in [-0.1, -0.05) is 6.07 Å². The molecule has 0 bridgehead atoms. The van der Waals surface area contributed by atoms with Crippen LogP contribution in [0.25, 0.3) is 10.8 Å². The predicted molar refractivity (Wildman–Crippen MR) is 74.1 cm³/mol. The van der Waals surface area contributed by atoms with Crippen molar-refractivity contribution in [2.45, 2.75) is 26.4 Å². The summed E-state index contributed by atoms with van der Waals surface area (Å²) >= 11 is 0. The van der Waals surface area contributed by atoms with Gasteiger partial charge in [-0.25, -0.2) is 4.79 Å². The molecule has 0 unspecified atom stereocenters. The van der Waals surface area contributed by atoms with Gasteiger partial charge in [0, 0.05) is 22.7 Å². The summed E-state index contributed by atoms with van der Waals surface area (Å²) in [5.74, 6) is -0.474. The van der Waals surface area contributed by atoms with Crippen LogP contribution in [0.4, 0.5) is 5.69 Å². The van der Waals surface area contributed by atoms with Crippen molar-refractivity contribution in [3.05, 3.63) is 40.3 Å². The van der Waals surface area contributed by atoms with Crippen LogP contribution >= 0.6 is 0 Å². The molecular formula is C14H16N2O3. The number of aromatic nitrogens is 1. The van der Waals surface area contributed by atoms with E-state index in [4.69, 9.17) is 10.5 Å². The molecule has 19 heavy (non-hydrogen) atoms. The van der Waals surface area contributed by atoms with Crippen LogP contribution in [0.3, 0.4) is 0 Å². The van der Waals surface area contributed by atoms with Crippen molar-refractivity contribution in [2.75, 3.05) is 5.73 Å². The molecule has 3 N–H and O–H groups in total. The highest BCUT2D eigenvalue weighted by atomic mass is 16.6. The predicted octanol–water partition coefficient (Wildman–Crippen LogP) is 2.07. The first-order valence-electron chi connectivity index (χ1n) is 5.92. The lowest BCUT2D eigenvalue weighted by molar-refractivity contribution is 0.00714. The van der Waals surface area contributed by atoms with Crippen molar-refractivity contribution < 1.29 is 9.53 Å². The van der Waals surface area contributed by atoms with Gasteiger partial charge < -0.3 is 15.5 Å². The number of rotatable bonds is 1. The number of nitrogens with two attached hydrogens (primary N) is 1. The molecule has 0 aliphatic carbocycles. The Morgan fingerprint density at radius 1 is 1.26 bits per heavy atom. The van der Waals surface area contributed by atoms with Crippen molar-refractivity contribution in [1.29, 1.82) is 0 Å². The van der Waals surface area contributed by atoms with Crippen LogP contribution < -0.4 is 11.3 Å². The number of hydrogen-bond acceptors (Lipinski definition) is 4. The molecule has 0 aliphatic rings. The van der Waals surface area contributed by atoms with Crippen LogP contribution in [0.1, 0.15) is 31.1 Å². The molecule has 1 aromatic heterocycles. The Balaban J connectivity index is 2.59. The minimum atomic E-state index is -0.590. The van der Waals surface area contributed by atoms with Crippen LogP contribution in [-0.4, -0.2) is 16.6 Å². The largest absolute Gasteiger partial charge is 0.456 e. The van der Waals surface area contributed by atoms with E-state index in [-0.39, 0.29) is 5.56 Å². The van der Waals surface area contributed by atoms with Gasteiger partial charge in [-0.3, -0.25) is 4.79 Å². The third kappa shape index (κ3) is 2.76. The maximum Gasteiger partial charge on any atom is 0.340 e. The van der Waals surface area contributed by atoms with Crippen molar-refractivity contribution in [3.8, 4) is 0 Å². The van der Waals surface area contributed by atoms with E-state index in [9.17, 15) is 9.59 Å². The minimum absolute atomic E-state index is 0.283. The molecular weight excluding hydrogens is 244 g/mol. The van der Waals surface area contributed by atoms with Gasteiger partial charge in [0.25, 0.3) is 5.56 Å². The van der Waals surface area contributed by atoms with Gasteiger partial charge in [0.05, 0.1) is 5.56 Å². The van der Waals surface area contributed by atoms with Gasteiger partial charge in [-0.05, 0) is 32.9 Å². The van der Waals surface area contributed by atoms with Gasteiger partial charge in [-0.15, -0.1) is 0 Å². The molecule has 0 atom stereocenters. The fourth-order valence-corrected chi connectivity index (χ4v) is 1.78. The lowest BCUT2D eigenvalue weighted by Gasteiger charge is -2.19. The number of benzene rings is 1. The Morgan fingerprint density at radius 2 is 1.95 bits per heavy atom. The van der Waals surface area contributed by atoms with Crippen molar-refractivity contribution in [3.63, 3.8) is 0 Å². The van der Waals surface area contributed by atoms with Gasteiger partial charge in [0.2, 0.25) is 0 Å².